The number of carboxylic acids is 1. The second kappa shape index (κ2) is 2.60. The fourth-order valence-corrected chi connectivity index (χ4v) is 1.08. The molecule has 1 N–H and O–H groups in total. The fraction of sp³-hybridized carbons (Fsp3) is 0.667. The lowest BCUT2D eigenvalue weighted by Crippen LogP contribution is -2.53. The van der Waals surface area contributed by atoms with Crippen molar-refractivity contribution in [3.8, 4) is 0 Å². The molecule has 0 aromatic rings. The minimum atomic E-state index is -1.26. The van der Waals surface area contributed by atoms with Crippen LogP contribution >= 0.6 is 0 Å². The molecule has 0 saturated carbocycles. The molecule has 1 atom stereocenters. The molecule has 5 heteroatoms. The van der Waals surface area contributed by atoms with Crippen LogP contribution in [0.3, 0.4) is 0 Å². The molecule has 1 aliphatic heterocycles. The normalized spacial score (nSPS) is 30.2. The van der Waals surface area contributed by atoms with Gasteiger partial charge in [0.1, 0.15) is 6.54 Å². The summed E-state index contributed by atoms with van der Waals surface area (Å²) in [6.45, 7) is 2.01. The van der Waals surface area contributed by atoms with Crippen LogP contribution in [0.2, 0.25) is 0 Å². The monoisotopic (exact) mass is 158 g/mol. The first kappa shape index (κ1) is 8.16. The van der Waals surface area contributed by atoms with Crippen molar-refractivity contribution in [1.82, 2.24) is 0 Å². The summed E-state index contributed by atoms with van der Waals surface area (Å²) in [5, 5.41) is 19.7. The van der Waals surface area contributed by atoms with E-state index in [2.05, 4.69) is 4.99 Å². The second-order valence-corrected chi connectivity index (χ2v) is 2.61. The highest BCUT2D eigenvalue weighted by Gasteiger charge is 2.34. The first-order valence-corrected chi connectivity index (χ1v) is 3.36. The maximum Gasteiger partial charge on any atom is 0.228 e. The molecule has 0 bridgehead atoms. The van der Waals surface area contributed by atoms with E-state index < -0.39 is 17.2 Å². The number of carbonyl (C=O) groups is 1. The van der Waals surface area contributed by atoms with Gasteiger partial charge in [0.15, 0.2) is 6.54 Å². The Labute approximate surface area is 64.1 Å². The molecule has 0 aromatic carbocycles. The van der Waals surface area contributed by atoms with Crippen molar-refractivity contribution < 1.29 is 19.8 Å². The van der Waals surface area contributed by atoms with Crippen molar-refractivity contribution in [2.24, 2.45) is 4.99 Å². The molecule has 0 amide bonds. The van der Waals surface area contributed by atoms with Crippen LogP contribution in [0.1, 0.15) is 6.92 Å². The Balaban J connectivity index is 2.67. The molecule has 0 aromatic heterocycles. The summed E-state index contributed by atoms with van der Waals surface area (Å²) in [4.78, 5) is 14.1. The van der Waals surface area contributed by atoms with E-state index in [-0.39, 0.29) is 0 Å². The van der Waals surface area contributed by atoms with Crippen molar-refractivity contribution >= 4 is 11.8 Å². The van der Waals surface area contributed by atoms with Crippen molar-refractivity contribution in [3.05, 3.63) is 0 Å². The van der Waals surface area contributed by atoms with Crippen molar-refractivity contribution in [2.45, 2.75) is 6.92 Å². The molecule has 0 fully saturated rings. The van der Waals surface area contributed by atoms with E-state index in [4.69, 9.17) is 0 Å². The number of carbonyl (C=O) groups excluding carboxylic acids is 1. The van der Waals surface area contributed by atoms with Gasteiger partial charge in [0, 0.05) is 6.92 Å². The molecule has 5 nitrogen and oxygen atoms in total. The van der Waals surface area contributed by atoms with Gasteiger partial charge in [-0.15, -0.1) is 4.65 Å². The molecular weight excluding hydrogens is 148 g/mol. The van der Waals surface area contributed by atoms with Gasteiger partial charge in [0.05, 0.1) is 12.5 Å². The number of nitrogens with zero attached hydrogens (tertiary/aromatic N) is 2. The molecule has 11 heavy (non-hydrogen) atoms. The Hall–Kier alpha value is -0.940. The van der Waals surface area contributed by atoms with Crippen molar-refractivity contribution in [3.63, 3.8) is 0 Å². The number of aliphatic imine (C=N–C) groups is 1. The maximum atomic E-state index is 10.2. The Morgan fingerprint density at radius 2 is 2.55 bits per heavy atom. The van der Waals surface area contributed by atoms with E-state index in [1.54, 1.807) is 6.92 Å². The van der Waals surface area contributed by atoms with Gasteiger partial charge in [0.25, 0.3) is 0 Å². The number of quaternary nitrogens is 1. The molecule has 1 rings (SSSR count). The van der Waals surface area contributed by atoms with E-state index >= 15 is 0 Å². The minimum absolute atomic E-state index is 0.333. The maximum absolute atomic E-state index is 10.2. The second-order valence-electron chi connectivity index (χ2n) is 2.61. The molecule has 1 heterocycles. The Bertz CT molecular complexity index is 214. The third-order valence-corrected chi connectivity index (χ3v) is 1.80. The third kappa shape index (κ3) is 1.55. The van der Waals surface area contributed by atoms with Gasteiger partial charge in [0.2, 0.25) is 5.84 Å². The zero-order valence-electron chi connectivity index (χ0n) is 6.28. The number of carboxylic acid groups (broad SMARTS) is 1. The summed E-state index contributed by atoms with van der Waals surface area (Å²) in [6, 6.07) is 0. The summed E-state index contributed by atoms with van der Waals surface area (Å²) in [6.07, 6.45) is 0. The quantitative estimate of drug-likeness (QED) is 0.490. The molecule has 0 spiro atoms. The van der Waals surface area contributed by atoms with Crippen molar-refractivity contribution in [1.29, 1.82) is 0 Å². The lowest BCUT2D eigenvalue weighted by molar-refractivity contribution is -1.02. The van der Waals surface area contributed by atoms with Crippen LogP contribution in [-0.4, -0.2) is 41.3 Å². The molecule has 0 radical (unpaired) electrons. The number of hydroxylamine groups is 3. The van der Waals surface area contributed by atoms with Crippen LogP contribution in [0.4, 0.5) is 0 Å². The van der Waals surface area contributed by atoms with Gasteiger partial charge in [-0.2, -0.15) is 0 Å². The first-order chi connectivity index (χ1) is 5.04. The Kier molecular flexibility index (Phi) is 1.92. The first-order valence-electron chi connectivity index (χ1n) is 3.36. The van der Waals surface area contributed by atoms with E-state index in [0.29, 0.717) is 18.9 Å². The van der Waals surface area contributed by atoms with E-state index in [9.17, 15) is 15.1 Å². The van der Waals surface area contributed by atoms with Gasteiger partial charge < -0.3 is 9.90 Å². The summed E-state index contributed by atoms with van der Waals surface area (Å²) in [7, 11) is 0. The Morgan fingerprint density at radius 1 is 1.91 bits per heavy atom. The zero-order valence-corrected chi connectivity index (χ0v) is 6.28. The van der Waals surface area contributed by atoms with Crippen LogP contribution in [0.15, 0.2) is 4.99 Å². The van der Waals surface area contributed by atoms with E-state index in [1.807, 2.05) is 0 Å². The molecule has 0 saturated heterocycles. The molecule has 62 valence electrons. The number of hydrogen-bond acceptors (Lipinski definition) is 4. The highest BCUT2D eigenvalue weighted by molar-refractivity contribution is 5.76. The number of hydrogen-bond donors (Lipinski definition) is 1. The smallest absolute Gasteiger partial charge is 0.228 e. The average molecular weight is 158 g/mol. The third-order valence-electron chi connectivity index (χ3n) is 1.80. The Morgan fingerprint density at radius 3 is 2.91 bits per heavy atom. The average Bonchev–Trinajstić information content (AvgIpc) is 2.11. The highest BCUT2D eigenvalue weighted by atomic mass is 16.6. The predicted molar refractivity (Wildman–Crippen MR) is 34.8 cm³/mol. The van der Waals surface area contributed by atoms with Gasteiger partial charge in [-0.3, -0.25) is 0 Å². The lowest BCUT2D eigenvalue weighted by atomic mass is 10.4. The molecular formula is C6H10N2O3. The SMILES string of the molecule is CC1=NCC[N+]1(O)CC(=O)[O-]. The summed E-state index contributed by atoms with van der Waals surface area (Å²) >= 11 is 0. The highest BCUT2D eigenvalue weighted by Crippen LogP contribution is 2.09. The van der Waals surface area contributed by atoms with Gasteiger partial charge in [-0.05, 0) is 0 Å². The topological polar surface area (TPSA) is 72.7 Å². The van der Waals surface area contributed by atoms with Crippen LogP contribution in [-0.2, 0) is 4.79 Å². The molecule has 1 unspecified atom stereocenters. The summed E-state index contributed by atoms with van der Waals surface area (Å²) in [5.74, 6) is -0.821. The number of rotatable bonds is 2. The predicted octanol–water partition coefficient (Wildman–Crippen LogP) is -1.63. The molecule has 0 aliphatic carbocycles. The number of aliphatic carboxylic acids is 1. The van der Waals surface area contributed by atoms with Crippen LogP contribution in [0.25, 0.3) is 0 Å². The lowest BCUT2D eigenvalue weighted by Gasteiger charge is -2.23. The molecule has 1 aliphatic rings. The van der Waals surface area contributed by atoms with Gasteiger partial charge >= 0.3 is 0 Å². The van der Waals surface area contributed by atoms with Crippen LogP contribution in [0.5, 0.6) is 0 Å². The van der Waals surface area contributed by atoms with Crippen LogP contribution < -0.4 is 5.11 Å². The van der Waals surface area contributed by atoms with Gasteiger partial charge in [-0.1, -0.05) is 0 Å². The van der Waals surface area contributed by atoms with Crippen LogP contribution in [0, 0.1) is 0 Å². The number of amidine groups is 1. The fourth-order valence-electron chi connectivity index (χ4n) is 1.08. The van der Waals surface area contributed by atoms with E-state index in [0.717, 1.165) is 0 Å². The van der Waals surface area contributed by atoms with E-state index in [1.165, 1.54) is 0 Å². The standard InChI is InChI=1S/C6H10N2O3/c1-5-7-2-3-8(5,11)4-6(9)10/h11H,2-4H2,1H3. The summed E-state index contributed by atoms with van der Waals surface area (Å²) < 4.78 is -0.595. The van der Waals surface area contributed by atoms with Crippen molar-refractivity contribution in [2.75, 3.05) is 19.6 Å². The largest absolute Gasteiger partial charge is 0.544 e. The van der Waals surface area contributed by atoms with Gasteiger partial charge in [-0.25, -0.2) is 10.2 Å². The minimum Gasteiger partial charge on any atom is -0.544 e. The summed E-state index contributed by atoms with van der Waals surface area (Å²) in [5.41, 5.74) is 0. The zero-order chi connectivity index (χ0) is 8.48.